The number of hydrogen-bond donors (Lipinski definition) is 1. The SMILES string of the molecule is CNCC1CCCN1Cc1ccc(N(C)CCOC)nc1.Cl. The smallest absolute Gasteiger partial charge is 0.128 e. The zero-order chi connectivity index (χ0) is 15.1. The van der Waals surface area contributed by atoms with Crippen molar-refractivity contribution in [3.05, 3.63) is 23.9 Å². The minimum absolute atomic E-state index is 0. The van der Waals surface area contributed by atoms with Gasteiger partial charge in [-0.1, -0.05) is 6.07 Å². The second-order valence-electron chi connectivity index (χ2n) is 5.76. The summed E-state index contributed by atoms with van der Waals surface area (Å²) in [6.07, 6.45) is 4.61. The first kappa shape index (κ1) is 19.2. The molecule has 22 heavy (non-hydrogen) atoms. The van der Waals surface area contributed by atoms with Gasteiger partial charge in [0.2, 0.25) is 0 Å². The van der Waals surface area contributed by atoms with Gasteiger partial charge in [-0.3, -0.25) is 4.90 Å². The minimum Gasteiger partial charge on any atom is -0.383 e. The molecule has 0 aliphatic carbocycles. The van der Waals surface area contributed by atoms with Crippen molar-refractivity contribution in [2.45, 2.75) is 25.4 Å². The van der Waals surface area contributed by atoms with Crippen LogP contribution in [-0.2, 0) is 11.3 Å². The van der Waals surface area contributed by atoms with E-state index in [9.17, 15) is 0 Å². The summed E-state index contributed by atoms with van der Waals surface area (Å²) in [5, 5.41) is 3.29. The van der Waals surface area contributed by atoms with Crippen LogP contribution in [-0.4, -0.2) is 63.4 Å². The zero-order valence-electron chi connectivity index (χ0n) is 13.9. The Labute approximate surface area is 140 Å². The van der Waals surface area contributed by atoms with E-state index in [0.717, 1.165) is 32.1 Å². The first-order valence-electron chi connectivity index (χ1n) is 7.78. The van der Waals surface area contributed by atoms with Crippen LogP contribution >= 0.6 is 12.4 Å². The number of aromatic nitrogens is 1. The molecule has 0 bridgehead atoms. The van der Waals surface area contributed by atoms with E-state index >= 15 is 0 Å². The molecule has 2 rings (SSSR count). The lowest BCUT2D eigenvalue weighted by Gasteiger charge is -2.24. The van der Waals surface area contributed by atoms with Crippen LogP contribution in [0.5, 0.6) is 0 Å². The summed E-state index contributed by atoms with van der Waals surface area (Å²) in [4.78, 5) is 9.25. The van der Waals surface area contributed by atoms with Crippen molar-refractivity contribution in [3.63, 3.8) is 0 Å². The van der Waals surface area contributed by atoms with Gasteiger partial charge in [0.25, 0.3) is 0 Å². The highest BCUT2D eigenvalue weighted by molar-refractivity contribution is 5.85. The van der Waals surface area contributed by atoms with Crippen molar-refractivity contribution >= 4 is 18.2 Å². The van der Waals surface area contributed by atoms with Gasteiger partial charge in [0.15, 0.2) is 0 Å². The molecule has 1 unspecified atom stereocenters. The Kier molecular flexibility index (Phi) is 8.71. The standard InChI is InChI=1S/C16H28N4O.ClH/c1-17-12-15-5-4-8-20(15)13-14-6-7-16(18-11-14)19(2)9-10-21-3;/h6-7,11,15,17H,4-5,8-10,12-13H2,1-3H3;1H. The van der Waals surface area contributed by atoms with Crippen LogP contribution in [0.3, 0.4) is 0 Å². The van der Waals surface area contributed by atoms with Gasteiger partial charge in [0.05, 0.1) is 6.61 Å². The molecule has 6 heteroatoms. The van der Waals surface area contributed by atoms with Gasteiger partial charge < -0.3 is 15.0 Å². The van der Waals surface area contributed by atoms with E-state index in [1.165, 1.54) is 24.9 Å². The number of likely N-dealkylation sites (N-methyl/N-ethyl adjacent to an activating group) is 2. The molecule has 5 nitrogen and oxygen atoms in total. The number of pyridine rings is 1. The maximum absolute atomic E-state index is 5.10. The predicted molar refractivity (Wildman–Crippen MR) is 94.0 cm³/mol. The average molecular weight is 329 g/mol. The van der Waals surface area contributed by atoms with E-state index in [-0.39, 0.29) is 12.4 Å². The van der Waals surface area contributed by atoms with E-state index in [4.69, 9.17) is 4.74 Å². The highest BCUT2D eigenvalue weighted by atomic mass is 35.5. The molecule has 1 aromatic rings. The third-order valence-corrected chi connectivity index (χ3v) is 4.16. The molecule has 1 aliphatic heterocycles. The Morgan fingerprint density at radius 1 is 1.45 bits per heavy atom. The van der Waals surface area contributed by atoms with Gasteiger partial charge in [-0.05, 0) is 38.1 Å². The summed E-state index contributed by atoms with van der Waals surface area (Å²) < 4.78 is 5.10. The van der Waals surface area contributed by atoms with Gasteiger partial charge in [0, 0.05) is 46.0 Å². The Morgan fingerprint density at radius 3 is 2.91 bits per heavy atom. The first-order valence-corrected chi connectivity index (χ1v) is 7.78. The predicted octanol–water partition coefficient (Wildman–Crippen LogP) is 1.77. The van der Waals surface area contributed by atoms with E-state index in [1.54, 1.807) is 7.11 Å². The molecule has 1 saturated heterocycles. The number of rotatable bonds is 8. The van der Waals surface area contributed by atoms with E-state index < -0.39 is 0 Å². The molecule has 2 heterocycles. The van der Waals surface area contributed by atoms with Crippen molar-refractivity contribution in [1.29, 1.82) is 0 Å². The topological polar surface area (TPSA) is 40.6 Å². The highest BCUT2D eigenvalue weighted by Crippen LogP contribution is 2.20. The number of nitrogens with zero attached hydrogens (tertiary/aromatic N) is 3. The van der Waals surface area contributed by atoms with Crippen LogP contribution in [0.4, 0.5) is 5.82 Å². The van der Waals surface area contributed by atoms with Crippen LogP contribution < -0.4 is 10.2 Å². The van der Waals surface area contributed by atoms with Crippen LogP contribution in [0, 0.1) is 0 Å². The number of anilines is 1. The van der Waals surface area contributed by atoms with Crippen molar-refractivity contribution in [1.82, 2.24) is 15.2 Å². The minimum atomic E-state index is 0. The van der Waals surface area contributed by atoms with Gasteiger partial charge in [-0.2, -0.15) is 0 Å². The lowest BCUT2D eigenvalue weighted by atomic mass is 10.2. The van der Waals surface area contributed by atoms with Crippen LogP contribution in [0.2, 0.25) is 0 Å². The number of ether oxygens (including phenoxy) is 1. The molecule has 0 radical (unpaired) electrons. The number of halogens is 1. The normalized spacial score (nSPS) is 18.2. The second-order valence-corrected chi connectivity index (χ2v) is 5.76. The molecule has 126 valence electrons. The summed E-state index contributed by atoms with van der Waals surface area (Å²) in [6.45, 7) is 4.85. The third-order valence-electron chi connectivity index (χ3n) is 4.16. The molecule has 1 atom stereocenters. The summed E-state index contributed by atoms with van der Waals surface area (Å²) in [6, 6.07) is 4.97. The number of likely N-dealkylation sites (tertiary alicyclic amines) is 1. The van der Waals surface area contributed by atoms with E-state index in [0.29, 0.717) is 6.04 Å². The lowest BCUT2D eigenvalue weighted by molar-refractivity contribution is 0.206. The molecule has 0 spiro atoms. The Hall–Kier alpha value is -0.880. The fraction of sp³-hybridized carbons (Fsp3) is 0.688. The Balaban J connectivity index is 0.00000242. The van der Waals surface area contributed by atoms with Crippen molar-refractivity contribution in [3.8, 4) is 0 Å². The van der Waals surface area contributed by atoms with E-state index in [1.807, 2.05) is 20.3 Å². The monoisotopic (exact) mass is 328 g/mol. The van der Waals surface area contributed by atoms with Crippen molar-refractivity contribution < 1.29 is 4.74 Å². The van der Waals surface area contributed by atoms with Gasteiger partial charge in [-0.25, -0.2) is 4.98 Å². The number of nitrogens with one attached hydrogen (secondary N) is 1. The maximum atomic E-state index is 5.10. The van der Waals surface area contributed by atoms with E-state index in [2.05, 4.69) is 32.2 Å². The fourth-order valence-electron chi connectivity index (χ4n) is 2.88. The van der Waals surface area contributed by atoms with Crippen LogP contribution in [0.15, 0.2) is 18.3 Å². The largest absolute Gasteiger partial charge is 0.383 e. The maximum Gasteiger partial charge on any atom is 0.128 e. The summed E-state index contributed by atoms with van der Waals surface area (Å²) in [5.41, 5.74) is 1.29. The lowest BCUT2D eigenvalue weighted by Crippen LogP contribution is -2.36. The molecule has 1 fully saturated rings. The molecule has 0 aromatic carbocycles. The van der Waals surface area contributed by atoms with Crippen LogP contribution in [0.1, 0.15) is 18.4 Å². The summed E-state index contributed by atoms with van der Waals surface area (Å²) in [5.74, 6) is 1.00. The van der Waals surface area contributed by atoms with Gasteiger partial charge in [0.1, 0.15) is 5.82 Å². The second kappa shape index (κ2) is 10.0. The van der Waals surface area contributed by atoms with Crippen molar-refractivity contribution in [2.75, 3.05) is 52.3 Å². The molecule has 0 saturated carbocycles. The number of methoxy groups -OCH3 is 1. The van der Waals surface area contributed by atoms with Crippen LogP contribution in [0.25, 0.3) is 0 Å². The average Bonchev–Trinajstić information content (AvgIpc) is 2.93. The zero-order valence-corrected chi connectivity index (χ0v) is 14.7. The Bertz CT molecular complexity index is 415. The van der Waals surface area contributed by atoms with Crippen molar-refractivity contribution in [2.24, 2.45) is 0 Å². The van der Waals surface area contributed by atoms with Gasteiger partial charge >= 0.3 is 0 Å². The van der Waals surface area contributed by atoms with Gasteiger partial charge in [-0.15, -0.1) is 12.4 Å². The quantitative estimate of drug-likeness (QED) is 0.787. The number of hydrogen-bond acceptors (Lipinski definition) is 5. The molecule has 1 aromatic heterocycles. The summed E-state index contributed by atoms with van der Waals surface area (Å²) >= 11 is 0. The molecule has 0 amide bonds. The highest BCUT2D eigenvalue weighted by Gasteiger charge is 2.23. The molecular formula is C16H29ClN4O. The third kappa shape index (κ3) is 5.39. The Morgan fingerprint density at radius 2 is 2.27 bits per heavy atom. The first-order chi connectivity index (χ1) is 10.2. The molecule has 1 aliphatic rings. The molecular weight excluding hydrogens is 300 g/mol. The summed E-state index contributed by atoms with van der Waals surface area (Å²) in [7, 11) is 5.80. The fourth-order valence-corrected chi connectivity index (χ4v) is 2.88. The molecule has 1 N–H and O–H groups in total.